The van der Waals surface area contributed by atoms with Crippen LogP contribution >= 0.6 is 27.5 Å². The van der Waals surface area contributed by atoms with Gasteiger partial charge in [0, 0.05) is 29.0 Å². The highest BCUT2D eigenvalue weighted by molar-refractivity contribution is 9.10. The quantitative estimate of drug-likeness (QED) is 0.122. The van der Waals surface area contributed by atoms with Crippen molar-refractivity contribution in [3.05, 3.63) is 165 Å². The number of hydrogen-bond donors (Lipinski definition) is 0. The molecular formula is C31H20BrClFN2+. The summed E-state index contributed by atoms with van der Waals surface area (Å²) in [5.41, 5.74) is 6.02. The molecule has 0 radical (unpaired) electrons. The van der Waals surface area contributed by atoms with Crippen LogP contribution in [0, 0.1) is 5.82 Å². The van der Waals surface area contributed by atoms with E-state index in [0.29, 0.717) is 9.63 Å². The van der Waals surface area contributed by atoms with Crippen molar-refractivity contribution in [1.29, 1.82) is 0 Å². The summed E-state index contributed by atoms with van der Waals surface area (Å²) in [4.78, 5) is 4.19. The van der Waals surface area contributed by atoms with Gasteiger partial charge in [-0.05, 0) is 34.1 Å². The van der Waals surface area contributed by atoms with E-state index in [1.54, 1.807) is 12.3 Å². The van der Waals surface area contributed by atoms with E-state index in [2.05, 4.69) is 61.9 Å². The number of nitrogens with zero attached hydrogens (tertiary/aromatic N) is 2. The summed E-state index contributed by atoms with van der Waals surface area (Å²) in [7, 11) is 0. The van der Waals surface area contributed by atoms with E-state index in [1.165, 1.54) is 0 Å². The molecule has 0 spiro atoms. The third-order valence-corrected chi connectivity index (χ3v) is 7.48. The number of rotatable bonds is 5. The lowest BCUT2D eigenvalue weighted by molar-refractivity contribution is -0.527. The van der Waals surface area contributed by atoms with Gasteiger partial charge in [-0.25, -0.2) is 9.37 Å². The number of hydrogen-bond acceptors (Lipinski definition) is 1. The van der Waals surface area contributed by atoms with Crippen molar-refractivity contribution in [2.24, 2.45) is 0 Å². The van der Waals surface area contributed by atoms with Gasteiger partial charge in [-0.15, -0.1) is 0 Å². The van der Waals surface area contributed by atoms with E-state index in [4.69, 9.17) is 11.6 Å². The molecule has 0 saturated heterocycles. The third kappa shape index (κ3) is 3.52. The number of pyridine rings is 1. The highest BCUT2D eigenvalue weighted by atomic mass is 79.9. The average molecular weight is 555 g/mol. The Morgan fingerprint density at radius 1 is 0.722 bits per heavy atom. The fourth-order valence-corrected chi connectivity index (χ4v) is 5.72. The third-order valence-electron chi connectivity index (χ3n) is 6.67. The van der Waals surface area contributed by atoms with Gasteiger partial charge in [-0.2, -0.15) is 4.58 Å². The van der Waals surface area contributed by atoms with Crippen LogP contribution in [-0.4, -0.2) is 15.3 Å². The van der Waals surface area contributed by atoms with Crippen LogP contribution in [0.5, 0.6) is 0 Å². The molecule has 1 aliphatic rings. The molecule has 2 nitrogen and oxygen atoms in total. The van der Waals surface area contributed by atoms with E-state index in [0.717, 1.165) is 39.2 Å². The second-order valence-electron chi connectivity index (χ2n) is 8.64. The fraction of sp³-hybridized carbons (Fsp3) is 0.0323. The van der Waals surface area contributed by atoms with Crippen LogP contribution in [0.25, 0.3) is 0 Å². The maximum absolute atomic E-state index is 15.0. The summed E-state index contributed by atoms with van der Waals surface area (Å²) in [6.07, 6.45) is 1.70. The molecule has 1 aliphatic heterocycles. The minimum atomic E-state index is -0.776. The lowest BCUT2D eigenvalue weighted by Crippen LogP contribution is -2.47. The Labute approximate surface area is 222 Å². The van der Waals surface area contributed by atoms with Crippen molar-refractivity contribution >= 4 is 38.9 Å². The molecule has 6 rings (SSSR count). The molecule has 36 heavy (non-hydrogen) atoms. The highest BCUT2D eigenvalue weighted by Gasteiger charge is 2.55. The number of benzene rings is 4. The first-order valence-electron chi connectivity index (χ1n) is 11.6. The van der Waals surface area contributed by atoms with Crippen molar-refractivity contribution in [1.82, 2.24) is 4.98 Å². The smallest absolute Gasteiger partial charge is 0.245 e. The molecule has 2 heterocycles. The van der Waals surface area contributed by atoms with Gasteiger partial charge in [-0.3, -0.25) is 0 Å². The second-order valence-corrected chi connectivity index (χ2v) is 9.88. The van der Waals surface area contributed by atoms with E-state index in [-0.39, 0.29) is 5.82 Å². The summed E-state index contributed by atoms with van der Waals surface area (Å²) in [6.45, 7) is 0. The monoisotopic (exact) mass is 553 g/mol. The summed E-state index contributed by atoms with van der Waals surface area (Å²) in [5, 5.41) is 0.402. The number of aromatic nitrogens is 1. The van der Waals surface area contributed by atoms with Crippen molar-refractivity contribution in [2.75, 3.05) is 0 Å². The summed E-state index contributed by atoms with van der Waals surface area (Å²) in [6, 6.07) is 38.3. The summed E-state index contributed by atoms with van der Waals surface area (Å²) < 4.78 is 17.7. The van der Waals surface area contributed by atoms with Crippen LogP contribution in [0.2, 0.25) is 5.15 Å². The summed E-state index contributed by atoms with van der Waals surface area (Å²) >= 11 is 9.74. The average Bonchev–Trinajstić information content (AvgIpc) is 2.92. The van der Waals surface area contributed by atoms with E-state index < -0.39 is 5.54 Å². The Morgan fingerprint density at radius 3 is 1.75 bits per heavy atom. The van der Waals surface area contributed by atoms with Crippen molar-refractivity contribution in [3.63, 3.8) is 0 Å². The topological polar surface area (TPSA) is 15.9 Å². The molecule has 5 aromatic rings. The molecular weight excluding hydrogens is 535 g/mol. The van der Waals surface area contributed by atoms with Crippen molar-refractivity contribution < 1.29 is 8.97 Å². The zero-order chi connectivity index (χ0) is 24.7. The Kier molecular flexibility index (Phi) is 5.79. The van der Waals surface area contributed by atoms with E-state index >= 15 is 4.39 Å². The number of fused-ring (bicyclic) bond motifs is 1. The van der Waals surface area contributed by atoms with Crippen LogP contribution in [0.1, 0.15) is 27.8 Å². The predicted molar refractivity (Wildman–Crippen MR) is 146 cm³/mol. The first-order valence-corrected chi connectivity index (χ1v) is 12.7. The lowest BCUT2D eigenvalue weighted by Gasteiger charge is -2.38. The molecule has 0 N–H and O–H groups in total. The Morgan fingerprint density at radius 2 is 1.25 bits per heavy atom. The molecule has 1 aromatic heterocycles. The zero-order valence-electron chi connectivity index (χ0n) is 19.1. The van der Waals surface area contributed by atoms with Crippen LogP contribution < -0.4 is 0 Å². The van der Waals surface area contributed by atoms with Crippen molar-refractivity contribution in [3.8, 4) is 0 Å². The zero-order valence-corrected chi connectivity index (χ0v) is 21.4. The van der Waals surface area contributed by atoms with Crippen molar-refractivity contribution in [2.45, 2.75) is 5.54 Å². The van der Waals surface area contributed by atoms with Crippen LogP contribution in [0.4, 0.5) is 10.1 Å². The van der Waals surface area contributed by atoms with Crippen LogP contribution in [-0.2, 0) is 5.54 Å². The maximum Gasteiger partial charge on any atom is 0.245 e. The molecule has 4 aromatic carbocycles. The first-order chi connectivity index (χ1) is 17.6. The molecule has 0 fully saturated rings. The molecule has 5 heteroatoms. The largest absolute Gasteiger partial charge is 0.245 e. The van der Waals surface area contributed by atoms with E-state index in [1.807, 2.05) is 72.8 Å². The van der Waals surface area contributed by atoms with Gasteiger partial charge in [0.25, 0.3) is 0 Å². The molecule has 0 amide bonds. The Bertz CT molecular complexity index is 1510. The standard InChI is InChI=1S/C31H20BrClFN2/c32-26-19-25-28(20-27(26)34)36(30(25)21-16-17-35-29(33)18-21)31(22-10-4-1-5-11-22,23-12-6-2-7-13-23)24-14-8-3-9-15-24/h1-20H/q+1. The minimum absolute atomic E-state index is 0.311. The highest BCUT2D eigenvalue weighted by Crippen LogP contribution is 2.50. The van der Waals surface area contributed by atoms with Gasteiger partial charge < -0.3 is 0 Å². The molecule has 0 unspecified atom stereocenters. The molecule has 0 aliphatic carbocycles. The van der Waals surface area contributed by atoms with Gasteiger partial charge in [0.15, 0.2) is 0 Å². The van der Waals surface area contributed by atoms with Crippen LogP contribution in [0.3, 0.4) is 0 Å². The Balaban J connectivity index is 1.81. The molecule has 0 atom stereocenters. The SMILES string of the molecule is Fc1cc2c(cc1Br)C(c1ccnc(Cl)c1)=[N+]2C(c1ccccc1)(c1ccccc1)c1ccccc1. The fourth-order valence-electron chi connectivity index (χ4n) is 5.21. The van der Waals surface area contributed by atoms with Gasteiger partial charge in [0.05, 0.1) is 10.0 Å². The lowest BCUT2D eigenvalue weighted by atomic mass is 9.73. The molecule has 0 bridgehead atoms. The minimum Gasteiger partial charge on any atom is -0.245 e. The van der Waals surface area contributed by atoms with E-state index in [9.17, 15) is 0 Å². The maximum atomic E-state index is 15.0. The van der Waals surface area contributed by atoms with Gasteiger partial charge in [0.1, 0.15) is 16.5 Å². The van der Waals surface area contributed by atoms with Gasteiger partial charge in [0.2, 0.25) is 16.9 Å². The number of halogens is 3. The van der Waals surface area contributed by atoms with Gasteiger partial charge in [-0.1, -0.05) is 103 Å². The normalized spacial score (nSPS) is 12.8. The second kappa shape index (κ2) is 9.12. The van der Waals surface area contributed by atoms with Crippen LogP contribution in [0.15, 0.2) is 126 Å². The molecule has 174 valence electrons. The first kappa shape index (κ1) is 22.8. The predicted octanol–water partition coefficient (Wildman–Crippen LogP) is 8.12. The molecule has 0 saturated carbocycles. The Hall–Kier alpha value is -3.60. The van der Waals surface area contributed by atoms with Gasteiger partial charge >= 0.3 is 0 Å². The summed E-state index contributed by atoms with van der Waals surface area (Å²) in [5.74, 6) is -0.311.